The minimum atomic E-state index is -0.346. The maximum atomic E-state index is 12.8. The van der Waals surface area contributed by atoms with Gasteiger partial charge >= 0.3 is 0 Å². The third-order valence-corrected chi connectivity index (χ3v) is 3.10. The van der Waals surface area contributed by atoms with Gasteiger partial charge in [0.15, 0.2) is 0 Å². The van der Waals surface area contributed by atoms with E-state index in [1.807, 2.05) is 0 Å². The summed E-state index contributed by atoms with van der Waals surface area (Å²) in [7, 11) is 0. The molecule has 5 nitrogen and oxygen atoms in total. The van der Waals surface area contributed by atoms with Gasteiger partial charge in [-0.3, -0.25) is 4.79 Å². The Balaban J connectivity index is 2.05. The third kappa shape index (κ3) is 2.80. The molecule has 1 aromatic carbocycles. The molecule has 2 aromatic rings. The number of rotatable bonds is 3. The lowest BCUT2D eigenvalue weighted by atomic mass is 10.1. The zero-order chi connectivity index (χ0) is 13.1. The number of carbonyl (C=O) groups is 1. The van der Waals surface area contributed by atoms with Crippen LogP contribution in [-0.2, 0) is 0 Å². The van der Waals surface area contributed by atoms with E-state index in [0.717, 1.165) is 16.9 Å². The minimum absolute atomic E-state index is 0.210. The summed E-state index contributed by atoms with van der Waals surface area (Å²) in [6.07, 6.45) is 0. The number of nitrogens with two attached hydrogens (primary N) is 1. The third-order valence-electron chi connectivity index (χ3n) is 2.35. The monoisotopic (exact) mass is 266 g/mol. The van der Waals surface area contributed by atoms with Crippen LogP contribution in [0, 0.1) is 5.82 Å². The molecule has 1 unspecified atom stereocenters. The highest BCUT2D eigenvalue weighted by Gasteiger charge is 2.15. The van der Waals surface area contributed by atoms with E-state index in [-0.39, 0.29) is 27.9 Å². The Morgan fingerprint density at radius 2 is 2.06 bits per heavy atom. The van der Waals surface area contributed by atoms with Gasteiger partial charge in [0.2, 0.25) is 10.1 Å². The van der Waals surface area contributed by atoms with E-state index in [0.29, 0.717) is 0 Å². The number of aromatic nitrogens is 2. The Labute approximate surface area is 107 Å². The molecule has 1 atom stereocenters. The molecule has 0 bridgehead atoms. The van der Waals surface area contributed by atoms with Gasteiger partial charge in [0.1, 0.15) is 5.82 Å². The predicted octanol–water partition coefficient (Wildman–Crippen LogP) is 1.75. The van der Waals surface area contributed by atoms with Crippen LogP contribution in [0.3, 0.4) is 0 Å². The van der Waals surface area contributed by atoms with Crippen LogP contribution in [0.25, 0.3) is 0 Å². The fourth-order valence-corrected chi connectivity index (χ4v) is 1.93. The van der Waals surface area contributed by atoms with Gasteiger partial charge in [-0.05, 0) is 24.6 Å². The van der Waals surface area contributed by atoms with Crippen molar-refractivity contribution in [2.24, 2.45) is 0 Å². The van der Waals surface area contributed by atoms with Crippen LogP contribution in [-0.4, -0.2) is 16.1 Å². The number of amides is 1. The number of hydrogen-bond donors (Lipinski definition) is 2. The summed E-state index contributed by atoms with van der Waals surface area (Å²) < 4.78 is 12.8. The van der Waals surface area contributed by atoms with Crippen LogP contribution < -0.4 is 11.1 Å². The lowest BCUT2D eigenvalue weighted by Crippen LogP contribution is -2.26. The van der Waals surface area contributed by atoms with Crippen molar-refractivity contribution in [3.05, 3.63) is 40.7 Å². The number of nitrogens with zero attached hydrogens (tertiary/aromatic N) is 2. The van der Waals surface area contributed by atoms with Gasteiger partial charge in [-0.25, -0.2) is 4.39 Å². The van der Waals surface area contributed by atoms with Gasteiger partial charge in [0, 0.05) is 0 Å². The van der Waals surface area contributed by atoms with Crippen molar-refractivity contribution in [2.75, 3.05) is 5.73 Å². The zero-order valence-electron chi connectivity index (χ0n) is 9.55. The first-order valence-corrected chi connectivity index (χ1v) is 6.03. The molecule has 0 fully saturated rings. The van der Waals surface area contributed by atoms with Crippen molar-refractivity contribution in [1.29, 1.82) is 0 Å². The van der Waals surface area contributed by atoms with Crippen LogP contribution >= 0.6 is 11.3 Å². The number of nitrogens with one attached hydrogen (secondary N) is 1. The summed E-state index contributed by atoms with van der Waals surface area (Å²) >= 11 is 1.02. The fraction of sp³-hybridized carbons (Fsp3) is 0.182. The van der Waals surface area contributed by atoms with Crippen LogP contribution in [0.4, 0.5) is 9.52 Å². The Kier molecular flexibility index (Phi) is 3.52. The molecule has 18 heavy (non-hydrogen) atoms. The number of anilines is 1. The van der Waals surface area contributed by atoms with E-state index < -0.39 is 0 Å². The molecule has 0 radical (unpaired) electrons. The Hall–Kier alpha value is -2.02. The molecule has 0 saturated carbocycles. The summed E-state index contributed by atoms with van der Waals surface area (Å²) in [4.78, 5) is 11.8. The molecule has 0 aliphatic heterocycles. The van der Waals surface area contributed by atoms with E-state index in [1.54, 1.807) is 19.1 Å². The van der Waals surface area contributed by atoms with E-state index in [2.05, 4.69) is 15.5 Å². The Morgan fingerprint density at radius 1 is 1.39 bits per heavy atom. The molecule has 1 amide bonds. The van der Waals surface area contributed by atoms with Crippen molar-refractivity contribution in [3.8, 4) is 0 Å². The first-order valence-electron chi connectivity index (χ1n) is 5.21. The number of halogens is 1. The molecule has 0 saturated heterocycles. The molecular formula is C11H11FN4OS. The molecule has 0 aliphatic carbocycles. The van der Waals surface area contributed by atoms with E-state index in [9.17, 15) is 9.18 Å². The fourth-order valence-electron chi connectivity index (χ4n) is 1.42. The molecular weight excluding hydrogens is 255 g/mol. The zero-order valence-corrected chi connectivity index (χ0v) is 10.4. The highest BCUT2D eigenvalue weighted by Crippen LogP contribution is 2.15. The molecule has 2 rings (SSSR count). The van der Waals surface area contributed by atoms with Crippen molar-refractivity contribution >= 4 is 22.4 Å². The smallest absolute Gasteiger partial charge is 0.282 e. The molecule has 0 spiro atoms. The lowest BCUT2D eigenvalue weighted by molar-refractivity contribution is 0.0939. The second-order valence-corrected chi connectivity index (χ2v) is 4.70. The van der Waals surface area contributed by atoms with E-state index in [1.165, 1.54) is 12.1 Å². The number of benzene rings is 1. The van der Waals surface area contributed by atoms with Crippen LogP contribution in [0.2, 0.25) is 0 Å². The molecule has 3 N–H and O–H groups in total. The van der Waals surface area contributed by atoms with Crippen molar-refractivity contribution in [1.82, 2.24) is 15.5 Å². The number of carbonyl (C=O) groups excluding carboxylic acids is 1. The van der Waals surface area contributed by atoms with Crippen LogP contribution in [0.15, 0.2) is 24.3 Å². The summed E-state index contributed by atoms with van der Waals surface area (Å²) in [6, 6.07) is 5.69. The molecule has 1 heterocycles. The van der Waals surface area contributed by atoms with Gasteiger partial charge < -0.3 is 11.1 Å². The SMILES string of the molecule is CC(NC(=O)c1nnc(N)s1)c1ccc(F)cc1. The quantitative estimate of drug-likeness (QED) is 0.886. The molecule has 94 valence electrons. The Bertz CT molecular complexity index is 554. The minimum Gasteiger partial charge on any atom is -0.374 e. The van der Waals surface area contributed by atoms with Crippen molar-refractivity contribution in [2.45, 2.75) is 13.0 Å². The second-order valence-electron chi connectivity index (χ2n) is 3.69. The Morgan fingerprint density at radius 3 is 2.61 bits per heavy atom. The maximum Gasteiger partial charge on any atom is 0.282 e. The van der Waals surface area contributed by atoms with Crippen molar-refractivity contribution < 1.29 is 9.18 Å². The number of nitrogen functional groups attached to an aromatic ring is 1. The highest BCUT2D eigenvalue weighted by atomic mass is 32.1. The van der Waals surface area contributed by atoms with E-state index >= 15 is 0 Å². The second kappa shape index (κ2) is 5.09. The van der Waals surface area contributed by atoms with Gasteiger partial charge in [-0.1, -0.05) is 23.5 Å². The maximum absolute atomic E-state index is 12.8. The molecule has 0 aliphatic rings. The molecule has 7 heteroatoms. The summed E-state index contributed by atoms with van der Waals surface area (Å²) in [5.41, 5.74) is 6.21. The van der Waals surface area contributed by atoms with Gasteiger partial charge in [0.25, 0.3) is 5.91 Å². The first-order chi connectivity index (χ1) is 8.56. The normalized spacial score (nSPS) is 12.1. The summed E-state index contributed by atoms with van der Waals surface area (Å²) in [6.45, 7) is 1.80. The lowest BCUT2D eigenvalue weighted by Gasteiger charge is -2.12. The van der Waals surface area contributed by atoms with Crippen molar-refractivity contribution in [3.63, 3.8) is 0 Å². The van der Waals surface area contributed by atoms with Crippen LogP contribution in [0.1, 0.15) is 28.3 Å². The first kappa shape index (κ1) is 12.4. The standard InChI is InChI=1S/C11H11FN4OS/c1-6(7-2-4-8(12)5-3-7)14-9(17)10-15-16-11(13)18-10/h2-6H,1H3,(H2,13,16)(H,14,17). The van der Waals surface area contributed by atoms with Gasteiger partial charge in [-0.2, -0.15) is 0 Å². The molecule has 1 aromatic heterocycles. The topological polar surface area (TPSA) is 80.9 Å². The summed E-state index contributed by atoms with van der Waals surface area (Å²) in [5, 5.41) is 10.4. The largest absolute Gasteiger partial charge is 0.374 e. The number of hydrogen-bond acceptors (Lipinski definition) is 5. The van der Waals surface area contributed by atoms with E-state index in [4.69, 9.17) is 5.73 Å². The predicted molar refractivity (Wildman–Crippen MR) is 66.6 cm³/mol. The summed E-state index contributed by atoms with van der Waals surface area (Å²) in [5.74, 6) is -0.657. The van der Waals surface area contributed by atoms with Gasteiger partial charge in [-0.15, -0.1) is 10.2 Å². The van der Waals surface area contributed by atoms with Crippen LogP contribution in [0.5, 0.6) is 0 Å². The average Bonchev–Trinajstić information content (AvgIpc) is 2.76. The van der Waals surface area contributed by atoms with Gasteiger partial charge in [0.05, 0.1) is 6.04 Å². The average molecular weight is 266 g/mol. The highest BCUT2D eigenvalue weighted by molar-refractivity contribution is 7.16.